The SMILES string of the molecule is CC(C(=O)O)=C(C)C(=O)NC1CCC(=O)NC1=O. The summed E-state index contributed by atoms with van der Waals surface area (Å²) >= 11 is 0. The maximum absolute atomic E-state index is 11.7. The summed E-state index contributed by atoms with van der Waals surface area (Å²) in [6.45, 7) is 2.67. The molecule has 3 N–H and O–H groups in total. The third-order valence-electron chi connectivity index (χ3n) is 2.77. The predicted molar refractivity (Wildman–Crippen MR) is 60.3 cm³/mol. The summed E-state index contributed by atoms with van der Waals surface area (Å²) in [4.78, 5) is 44.7. The molecule has 7 heteroatoms. The van der Waals surface area contributed by atoms with Crippen molar-refractivity contribution >= 4 is 23.7 Å². The van der Waals surface area contributed by atoms with Gasteiger partial charge in [0.2, 0.25) is 17.7 Å². The van der Waals surface area contributed by atoms with Crippen LogP contribution in [0.1, 0.15) is 26.7 Å². The Balaban J connectivity index is 2.71. The Morgan fingerprint density at radius 3 is 2.39 bits per heavy atom. The van der Waals surface area contributed by atoms with Crippen LogP contribution in [-0.2, 0) is 19.2 Å². The van der Waals surface area contributed by atoms with Crippen molar-refractivity contribution in [3.05, 3.63) is 11.1 Å². The lowest BCUT2D eigenvalue weighted by Crippen LogP contribution is -2.52. The summed E-state index contributed by atoms with van der Waals surface area (Å²) < 4.78 is 0. The first-order valence-electron chi connectivity index (χ1n) is 5.38. The zero-order valence-electron chi connectivity index (χ0n) is 10.1. The molecule has 98 valence electrons. The molecule has 7 nitrogen and oxygen atoms in total. The van der Waals surface area contributed by atoms with Crippen LogP contribution in [0.3, 0.4) is 0 Å². The Morgan fingerprint density at radius 1 is 1.28 bits per heavy atom. The van der Waals surface area contributed by atoms with Crippen LogP contribution in [0.2, 0.25) is 0 Å². The van der Waals surface area contributed by atoms with Gasteiger partial charge in [0, 0.05) is 17.6 Å². The Hall–Kier alpha value is -2.18. The van der Waals surface area contributed by atoms with E-state index in [2.05, 4.69) is 10.6 Å². The number of amides is 3. The molecule has 0 aliphatic carbocycles. The summed E-state index contributed by atoms with van der Waals surface area (Å²) in [5.74, 6) is -2.75. The summed E-state index contributed by atoms with van der Waals surface area (Å²) in [5.41, 5.74) is -0.0491. The summed E-state index contributed by atoms with van der Waals surface area (Å²) in [6, 6.07) is -0.799. The van der Waals surface area contributed by atoms with Crippen molar-refractivity contribution < 1.29 is 24.3 Å². The van der Waals surface area contributed by atoms with E-state index >= 15 is 0 Å². The van der Waals surface area contributed by atoms with E-state index in [9.17, 15) is 19.2 Å². The minimum atomic E-state index is -1.19. The number of nitrogens with one attached hydrogen (secondary N) is 2. The van der Waals surface area contributed by atoms with Crippen molar-refractivity contribution in [2.75, 3.05) is 0 Å². The molecule has 0 spiro atoms. The number of carbonyl (C=O) groups is 4. The van der Waals surface area contributed by atoms with Crippen LogP contribution in [-0.4, -0.2) is 34.8 Å². The average molecular weight is 254 g/mol. The maximum atomic E-state index is 11.7. The van der Waals surface area contributed by atoms with Gasteiger partial charge in [-0.15, -0.1) is 0 Å². The normalized spacial score (nSPS) is 20.9. The molecule has 1 heterocycles. The number of carboxylic acids is 1. The van der Waals surface area contributed by atoms with Gasteiger partial charge in [-0.05, 0) is 20.3 Å². The third-order valence-corrected chi connectivity index (χ3v) is 2.77. The molecular weight excluding hydrogens is 240 g/mol. The third kappa shape index (κ3) is 3.16. The van der Waals surface area contributed by atoms with Gasteiger partial charge in [-0.25, -0.2) is 4.79 Å². The largest absolute Gasteiger partial charge is 0.478 e. The van der Waals surface area contributed by atoms with E-state index in [0.29, 0.717) is 0 Å². The Kier molecular flexibility index (Phi) is 4.19. The molecule has 1 rings (SSSR count). The number of carboxylic acid groups (broad SMARTS) is 1. The predicted octanol–water partition coefficient (Wildman–Crippen LogP) is -0.671. The minimum Gasteiger partial charge on any atom is -0.478 e. The number of aliphatic carboxylic acids is 1. The van der Waals surface area contributed by atoms with E-state index in [-0.39, 0.29) is 29.9 Å². The van der Waals surface area contributed by atoms with E-state index in [1.54, 1.807) is 0 Å². The highest BCUT2D eigenvalue weighted by molar-refractivity contribution is 6.05. The molecule has 0 radical (unpaired) electrons. The lowest BCUT2D eigenvalue weighted by Gasteiger charge is -2.22. The zero-order chi connectivity index (χ0) is 13.9. The molecular formula is C11H14N2O5. The highest BCUT2D eigenvalue weighted by Crippen LogP contribution is 2.08. The van der Waals surface area contributed by atoms with Crippen molar-refractivity contribution in [2.24, 2.45) is 0 Å². The van der Waals surface area contributed by atoms with E-state index in [1.165, 1.54) is 13.8 Å². The van der Waals surface area contributed by atoms with E-state index in [1.807, 2.05) is 0 Å². The van der Waals surface area contributed by atoms with Crippen molar-refractivity contribution in [3.63, 3.8) is 0 Å². The van der Waals surface area contributed by atoms with Gasteiger partial charge < -0.3 is 10.4 Å². The highest BCUT2D eigenvalue weighted by Gasteiger charge is 2.28. The van der Waals surface area contributed by atoms with Gasteiger partial charge in [-0.1, -0.05) is 0 Å². The maximum Gasteiger partial charge on any atom is 0.331 e. The molecule has 0 bridgehead atoms. The molecule has 3 amide bonds. The minimum absolute atomic E-state index is 0.0344. The lowest BCUT2D eigenvalue weighted by molar-refractivity contribution is -0.136. The van der Waals surface area contributed by atoms with Crippen LogP contribution < -0.4 is 10.6 Å². The number of carbonyl (C=O) groups excluding carboxylic acids is 3. The van der Waals surface area contributed by atoms with Crippen LogP contribution in [0.5, 0.6) is 0 Å². The Bertz CT molecular complexity index is 452. The van der Waals surface area contributed by atoms with E-state index < -0.39 is 23.8 Å². The standard InChI is InChI=1S/C11H14N2O5/c1-5(6(2)11(17)18)9(15)12-7-3-4-8(14)13-10(7)16/h7H,3-4H2,1-2H3,(H,12,15)(H,17,18)(H,13,14,16). The number of hydrogen-bond donors (Lipinski definition) is 3. The van der Waals surface area contributed by atoms with Gasteiger partial charge in [0.15, 0.2) is 0 Å². The number of piperidine rings is 1. The average Bonchev–Trinajstić information content (AvgIpc) is 2.30. The molecule has 1 fully saturated rings. The van der Waals surface area contributed by atoms with Crippen molar-refractivity contribution in [2.45, 2.75) is 32.7 Å². The first kappa shape index (κ1) is 13.9. The molecule has 1 aliphatic heterocycles. The van der Waals surface area contributed by atoms with Gasteiger partial charge in [0.1, 0.15) is 6.04 Å². The molecule has 1 atom stereocenters. The van der Waals surface area contributed by atoms with Gasteiger partial charge in [0.25, 0.3) is 0 Å². The van der Waals surface area contributed by atoms with Gasteiger partial charge in [-0.3, -0.25) is 19.7 Å². The fourth-order valence-corrected chi connectivity index (χ4v) is 1.43. The fourth-order valence-electron chi connectivity index (χ4n) is 1.43. The van der Waals surface area contributed by atoms with E-state index in [0.717, 1.165) is 0 Å². The first-order valence-corrected chi connectivity index (χ1v) is 5.38. The van der Waals surface area contributed by atoms with E-state index in [4.69, 9.17) is 5.11 Å². The number of rotatable bonds is 3. The number of imide groups is 1. The Labute approximate surface area is 103 Å². The second-order valence-electron chi connectivity index (χ2n) is 4.03. The summed E-state index contributed by atoms with van der Waals surface area (Å²) in [5, 5.41) is 13.2. The Morgan fingerprint density at radius 2 is 1.89 bits per heavy atom. The van der Waals surface area contributed by atoms with Crippen LogP contribution >= 0.6 is 0 Å². The molecule has 18 heavy (non-hydrogen) atoms. The van der Waals surface area contributed by atoms with Crippen LogP contribution in [0, 0.1) is 0 Å². The van der Waals surface area contributed by atoms with Crippen LogP contribution in [0.15, 0.2) is 11.1 Å². The highest BCUT2D eigenvalue weighted by atomic mass is 16.4. The summed E-state index contributed by atoms with van der Waals surface area (Å²) in [6.07, 6.45) is 0.368. The van der Waals surface area contributed by atoms with Gasteiger partial charge >= 0.3 is 5.97 Å². The molecule has 0 aromatic rings. The second kappa shape index (κ2) is 5.44. The lowest BCUT2D eigenvalue weighted by atomic mass is 10.0. The van der Waals surface area contributed by atoms with Crippen LogP contribution in [0.4, 0.5) is 0 Å². The monoisotopic (exact) mass is 254 g/mol. The summed E-state index contributed by atoms with van der Waals surface area (Å²) in [7, 11) is 0. The van der Waals surface area contributed by atoms with Gasteiger partial charge in [0.05, 0.1) is 0 Å². The molecule has 0 aromatic heterocycles. The molecule has 0 aromatic carbocycles. The fraction of sp³-hybridized carbons (Fsp3) is 0.455. The smallest absolute Gasteiger partial charge is 0.331 e. The van der Waals surface area contributed by atoms with Crippen molar-refractivity contribution in [1.29, 1.82) is 0 Å². The molecule has 1 aliphatic rings. The zero-order valence-corrected chi connectivity index (χ0v) is 10.1. The molecule has 0 saturated carbocycles. The topological polar surface area (TPSA) is 113 Å². The van der Waals surface area contributed by atoms with Crippen LogP contribution in [0.25, 0.3) is 0 Å². The number of hydrogen-bond acceptors (Lipinski definition) is 4. The second-order valence-corrected chi connectivity index (χ2v) is 4.03. The quantitative estimate of drug-likeness (QED) is 0.456. The van der Waals surface area contributed by atoms with Crippen molar-refractivity contribution in [1.82, 2.24) is 10.6 Å². The molecule has 1 saturated heterocycles. The molecule has 1 unspecified atom stereocenters. The van der Waals surface area contributed by atoms with Crippen molar-refractivity contribution in [3.8, 4) is 0 Å². The van der Waals surface area contributed by atoms with Gasteiger partial charge in [-0.2, -0.15) is 0 Å². The first-order chi connectivity index (χ1) is 8.32.